The Morgan fingerprint density at radius 3 is 2.36 bits per heavy atom. The summed E-state index contributed by atoms with van der Waals surface area (Å²) < 4.78 is 11.1. The fourth-order valence-corrected chi connectivity index (χ4v) is 4.43. The van der Waals surface area contributed by atoms with E-state index in [0.717, 1.165) is 50.5 Å². The lowest BCUT2D eigenvalue weighted by Crippen LogP contribution is -2.44. The lowest BCUT2D eigenvalue weighted by molar-refractivity contribution is 0.0210. The highest BCUT2D eigenvalue weighted by Gasteiger charge is 2.40. The Kier molecular flexibility index (Phi) is 6.68. The standard InChI is InChI=1S/C24H37N5O4/c1-23(2,3)33-22(31)29-11-7-18(8-12-29)27-20-25-14-17(15-26-20)16-5-6-19(13-16)32-21(30)28-24(4)9-10-24/h14-16,18-19H,5-13H2,1-4H3,(H,28,30)(H,25,26,27)/t16-,19+/m1/s1. The fraction of sp³-hybridized carbons (Fsp3) is 0.750. The number of carbonyl (C=O) groups excluding carboxylic acids is 2. The number of anilines is 1. The Morgan fingerprint density at radius 2 is 1.76 bits per heavy atom. The zero-order chi connectivity index (χ0) is 23.6. The fourth-order valence-electron chi connectivity index (χ4n) is 4.43. The van der Waals surface area contributed by atoms with Gasteiger partial charge in [-0.3, -0.25) is 0 Å². The molecule has 0 unspecified atom stereocenters. The van der Waals surface area contributed by atoms with Gasteiger partial charge in [0.15, 0.2) is 0 Å². The van der Waals surface area contributed by atoms with Crippen molar-refractivity contribution >= 4 is 18.1 Å². The number of hydrogen-bond acceptors (Lipinski definition) is 7. The number of alkyl carbamates (subject to hydrolysis) is 1. The van der Waals surface area contributed by atoms with Crippen LogP contribution in [0.3, 0.4) is 0 Å². The van der Waals surface area contributed by atoms with E-state index in [1.54, 1.807) is 4.90 Å². The van der Waals surface area contributed by atoms with Gasteiger partial charge in [-0.25, -0.2) is 19.6 Å². The van der Waals surface area contributed by atoms with Crippen molar-refractivity contribution in [1.29, 1.82) is 0 Å². The average Bonchev–Trinajstić information content (AvgIpc) is 3.28. The third-order valence-electron chi connectivity index (χ3n) is 6.69. The summed E-state index contributed by atoms with van der Waals surface area (Å²) in [6.45, 7) is 8.99. The van der Waals surface area contributed by atoms with Crippen molar-refractivity contribution < 1.29 is 19.1 Å². The molecule has 4 rings (SSSR count). The first kappa shape index (κ1) is 23.6. The van der Waals surface area contributed by atoms with Crippen LogP contribution in [-0.2, 0) is 9.47 Å². The molecule has 33 heavy (non-hydrogen) atoms. The number of hydrogen-bond donors (Lipinski definition) is 2. The maximum absolute atomic E-state index is 12.2. The van der Waals surface area contributed by atoms with Crippen molar-refractivity contribution in [1.82, 2.24) is 20.2 Å². The molecule has 3 fully saturated rings. The number of nitrogens with one attached hydrogen (secondary N) is 2. The minimum absolute atomic E-state index is 0.0506. The van der Waals surface area contributed by atoms with Gasteiger partial charge < -0.3 is 25.0 Å². The molecule has 1 aliphatic heterocycles. The Hall–Kier alpha value is -2.58. The Balaban J connectivity index is 1.20. The van der Waals surface area contributed by atoms with E-state index in [1.165, 1.54) is 0 Å². The number of nitrogens with zero attached hydrogens (tertiary/aromatic N) is 3. The zero-order valence-electron chi connectivity index (χ0n) is 20.2. The van der Waals surface area contributed by atoms with Crippen molar-refractivity contribution in [3.63, 3.8) is 0 Å². The van der Waals surface area contributed by atoms with Gasteiger partial charge >= 0.3 is 12.2 Å². The molecule has 2 amide bonds. The first-order chi connectivity index (χ1) is 15.6. The van der Waals surface area contributed by atoms with E-state index < -0.39 is 5.60 Å². The smallest absolute Gasteiger partial charge is 0.410 e. The average molecular weight is 460 g/mol. The molecule has 9 heteroatoms. The molecule has 1 aromatic heterocycles. The quantitative estimate of drug-likeness (QED) is 0.680. The summed E-state index contributed by atoms with van der Waals surface area (Å²) in [5.74, 6) is 0.919. The molecule has 2 atom stereocenters. The van der Waals surface area contributed by atoms with Crippen molar-refractivity contribution in [2.45, 2.75) is 102 Å². The molecule has 2 aliphatic carbocycles. The maximum Gasteiger partial charge on any atom is 0.410 e. The van der Waals surface area contributed by atoms with Crippen LogP contribution in [0.1, 0.15) is 84.1 Å². The highest BCUT2D eigenvalue weighted by Crippen LogP contribution is 2.37. The van der Waals surface area contributed by atoms with Crippen LogP contribution in [0.15, 0.2) is 12.4 Å². The lowest BCUT2D eigenvalue weighted by Gasteiger charge is -2.33. The first-order valence-corrected chi connectivity index (χ1v) is 12.1. The number of amides is 2. The van der Waals surface area contributed by atoms with Crippen molar-refractivity contribution in [2.24, 2.45) is 0 Å². The van der Waals surface area contributed by atoms with Crippen LogP contribution in [0, 0.1) is 0 Å². The van der Waals surface area contributed by atoms with Crippen LogP contribution in [0.5, 0.6) is 0 Å². The molecule has 1 saturated heterocycles. The van der Waals surface area contributed by atoms with Gasteiger partial charge in [0.2, 0.25) is 5.95 Å². The van der Waals surface area contributed by atoms with Crippen molar-refractivity contribution in [2.75, 3.05) is 18.4 Å². The van der Waals surface area contributed by atoms with Gasteiger partial charge in [-0.05, 0) is 84.1 Å². The minimum Gasteiger partial charge on any atom is -0.446 e. The SMILES string of the molecule is CC1(NC(=O)O[C@H]2CC[C@@H](c3cnc(NC4CCN(C(=O)OC(C)(C)C)CC4)nc3)C2)CC1. The molecular formula is C24H37N5O4. The van der Waals surface area contributed by atoms with Crippen LogP contribution >= 0.6 is 0 Å². The second kappa shape index (κ2) is 9.35. The molecule has 2 heterocycles. The Morgan fingerprint density at radius 1 is 1.09 bits per heavy atom. The van der Waals surface area contributed by atoms with Crippen LogP contribution in [-0.4, -0.2) is 63.4 Å². The van der Waals surface area contributed by atoms with Crippen molar-refractivity contribution in [3.05, 3.63) is 18.0 Å². The lowest BCUT2D eigenvalue weighted by atomic mass is 10.0. The van der Waals surface area contributed by atoms with Gasteiger partial charge in [0.1, 0.15) is 11.7 Å². The third-order valence-corrected chi connectivity index (χ3v) is 6.69. The normalized spacial score (nSPS) is 24.8. The maximum atomic E-state index is 12.2. The van der Waals surface area contributed by atoms with E-state index >= 15 is 0 Å². The van der Waals surface area contributed by atoms with Crippen LogP contribution in [0.4, 0.5) is 15.5 Å². The Labute approximate surface area is 196 Å². The number of ether oxygens (including phenoxy) is 2. The third kappa shape index (κ3) is 6.71. The predicted molar refractivity (Wildman–Crippen MR) is 124 cm³/mol. The molecule has 2 N–H and O–H groups in total. The second-order valence-electron chi connectivity index (χ2n) is 10.9. The molecule has 182 valence electrons. The molecule has 3 aliphatic rings. The van der Waals surface area contributed by atoms with Gasteiger partial charge in [0.25, 0.3) is 0 Å². The summed E-state index contributed by atoms with van der Waals surface area (Å²) in [7, 11) is 0. The highest BCUT2D eigenvalue weighted by molar-refractivity contribution is 5.69. The number of rotatable bonds is 5. The summed E-state index contributed by atoms with van der Waals surface area (Å²) >= 11 is 0. The highest BCUT2D eigenvalue weighted by atomic mass is 16.6. The Bertz CT molecular complexity index is 841. The molecule has 9 nitrogen and oxygen atoms in total. The molecular weight excluding hydrogens is 422 g/mol. The van der Waals surface area contributed by atoms with E-state index in [2.05, 4.69) is 20.6 Å². The molecule has 0 spiro atoms. The van der Waals surface area contributed by atoms with Gasteiger partial charge in [-0.1, -0.05) is 0 Å². The second-order valence-corrected chi connectivity index (χ2v) is 10.9. The van der Waals surface area contributed by atoms with Crippen molar-refractivity contribution in [3.8, 4) is 0 Å². The van der Waals surface area contributed by atoms with Gasteiger partial charge in [-0.15, -0.1) is 0 Å². The number of likely N-dealkylation sites (tertiary alicyclic amines) is 1. The summed E-state index contributed by atoms with van der Waals surface area (Å²) in [6.07, 6.45) is 9.50. The predicted octanol–water partition coefficient (Wildman–Crippen LogP) is 4.20. The van der Waals surface area contributed by atoms with E-state index in [1.807, 2.05) is 40.1 Å². The number of aromatic nitrogens is 2. The minimum atomic E-state index is -0.478. The van der Waals surface area contributed by atoms with Gasteiger partial charge in [-0.2, -0.15) is 0 Å². The number of piperidine rings is 1. The van der Waals surface area contributed by atoms with Crippen LogP contribution < -0.4 is 10.6 Å². The largest absolute Gasteiger partial charge is 0.446 e. The van der Waals surface area contributed by atoms with Gasteiger partial charge in [0, 0.05) is 37.1 Å². The summed E-state index contributed by atoms with van der Waals surface area (Å²) in [4.78, 5) is 35.1. The molecule has 0 radical (unpaired) electrons. The van der Waals surface area contributed by atoms with Crippen LogP contribution in [0.2, 0.25) is 0 Å². The molecule has 2 saturated carbocycles. The van der Waals surface area contributed by atoms with E-state index in [-0.39, 0.29) is 29.9 Å². The monoisotopic (exact) mass is 459 g/mol. The molecule has 0 aromatic carbocycles. The molecule has 1 aromatic rings. The first-order valence-electron chi connectivity index (χ1n) is 12.1. The summed E-state index contributed by atoms with van der Waals surface area (Å²) in [6, 6.07) is 0.227. The molecule has 0 bridgehead atoms. The number of carbonyl (C=O) groups is 2. The van der Waals surface area contributed by atoms with E-state index in [9.17, 15) is 9.59 Å². The van der Waals surface area contributed by atoms with E-state index in [0.29, 0.717) is 25.0 Å². The summed E-state index contributed by atoms with van der Waals surface area (Å²) in [5.41, 5.74) is 0.549. The van der Waals surface area contributed by atoms with E-state index in [4.69, 9.17) is 9.47 Å². The summed E-state index contributed by atoms with van der Waals surface area (Å²) in [5, 5.41) is 6.34. The topological polar surface area (TPSA) is 106 Å². The van der Waals surface area contributed by atoms with Crippen LogP contribution in [0.25, 0.3) is 0 Å². The zero-order valence-corrected chi connectivity index (χ0v) is 20.2. The van der Waals surface area contributed by atoms with Gasteiger partial charge in [0.05, 0.1) is 0 Å².